The highest BCUT2D eigenvalue weighted by molar-refractivity contribution is 6.15. The summed E-state index contributed by atoms with van der Waals surface area (Å²) >= 11 is 0. The lowest BCUT2D eigenvalue weighted by Crippen LogP contribution is -1.90. The molecule has 0 aliphatic rings. The number of hydrogen-bond donors (Lipinski definition) is 0. The summed E-state index contributed by atoms with van der Waals surface area (Å²) in [5.41, 5.74) is 7.76. The van der Waals surface area contributed by atoms with Crippen LogP contribution in [0.4, 0.5) is 0 Å². The Morgan fingerprint density at radius 1 is 0.429 bits per heavy atom. The molecule has 0 N–H and O–H groups in total. The molecule has 5 aromatic carbocycles. The lowest BCUT2D eigenvalue weighted by molar-refractivity contribution is 1.47. The molecule has 5 rings (SSSR count). The van der Waals surface area contributed by atoms with Crippen LogP contribution < -0.4 is 0 Å². The molecule has 134 valence electrons. The van der Waals surface area contributed by atoms with Crippen LogP contribution in [-0.2, 0) is 0 Å². The molecule has 0 atom stereocenters. The summed E-state index contributed by atoms with van der Waals surface area (Å²) in [5.74, 6) is 0. The summed E-state index contributed by atoms with van der Waals surface area (Å²) in [6, 6.07) is 35.2. The van der Waals surface area contributed by atoms with Gasteiger partial charge in [0.1, 0.15) is 0 Å². The number of benzene rings is 5. The predicted octanol–water partition coefficient (Wildman–Crippen LogP) is 7.94. The van der Waals surface area contributed by atoms with Gasteiger partial charge in [-0.2, -0.15) is 0 Å². The lowest BCUT2D eigenvalue weighted by atomic mass is 9.88. The molecule has 0 spiro atoms. The first-order valence-electron chi connectivity index (χ1n) is 9.80. The van der Waals surface area contributed by atoms with Crippen molar-refractivity contribution < 1.29 is 0 Å². The molecule has 0 fully saturated rings. The van der Waals surface area contributed by atoms with Gasteiger partial charge in [-0.3, -0.25) is 0 Å². The van der Waals surface area contributed by atoms with E-state index in [1.54, 1.807) is 0 Å². The van der Waals surface area contributed by atoms with Gasteiger partial charge >= 0.3 is 0 Å². The minimum atomic E-state index is 1.26. The van der Waals surface area contributed by atoms with Crippen LogP contribution in [0.15, 0.2) is 97.1 Å². The second-order valence-electron chi connectivity index (χ2n) is 7.54. The maximum absolute atomic E-state index is 2.33. The third-order valence-corrected chi connectivity index (χ3v) is 5.73. The zero-order valence-corrected chi connectivity index (χ0v) is 16.2. The van der Waals surface area contributed by atoms with Crippen molar-refractivity contribution in [2.45, 2.75) is 13.8 Å². The molecule has 0 saturated heterocycles. The second-order valence-corrected chi connectivity index (χ2v) is 7.54. The van der Waals surface area contributed by atoms with Gasteiger partial charge in [0.15, 0.2) is 0 Å². The van der Waals surface area contributed by atoms with Crippen molar-refractivity contribution in [2.24, 2.45) is 0 Å². The highest BCUT2D eigenvalue weighted by atomic mass is 14.2. The first-order chi connectivity index (χ1) is 13.7. The Kier molecular flexibility index (Phi) is 3.98. The smallest absolute Gasteiger partial charge is 0.00695 e. The van der Waals surface area contributed by atoms with Crippen molar-refractivity contribution in [3.63, 3.8) is 0 Å². The Hall–Kier alpha value is -3.38. The topological polar surface area (TPSA) is 0 Å². The summed E-state index contributed by atoms with van der Waals surface area (Å²) in [6.45, 7) is 4.38. The molecule has 0 bridgehead atoms. The molecule has 0 heteroatoms. The van der Waals surface area contributed by atoms with E-state index >= 15 is 0 Å². The van der Waals surface area contributed by atoms with E-state index in [9.17, 15) is 0 Å². The van der Waals surface area contributed by atoms with E-state index in [-0.39, 0.29) is 0 Å². The third kappa shape index (κ3) is 2.70. The van der Waals surface area contributed by atoms with Crippen molar-refractivity contribution in [3.8, 4) is 22.3 Å². The summed E-state index contributed by atoms with van der Waals surface area (Å²) in [7, 11) is 0. The van der Waals surface area contributed by atoms with Crippen molar-refractivity contribution in [2.75, 3.05) is 0 Å². The largest absolute Gasteiger partial charge is 0.0616 e. The Balaban J connectivity index is 1.81. The van der Waals surface area contributed by atoms with Crippen LogP contribution in [0.2, 0.25) is 0 Å². The summed E-state index contributed by atoms with van der Waals surface area (Å²) < 4.78 is 0. The standard InChI is InChI=1S/C28H22/c1-19-14-16-21(17-15-19)22-8-7-9-23(18-22)28-20(2)24-10-3-4-11-25(24)26-12-5-6-13-27(26)28/h3-18H,1-2H3. The van der Waals surface area contributed by atoms with Crippen LogP contribution in [0.25, 0.3) is 43.8 Å². The van der Waals surface area contributed by atoms with Crippen LogP contribution in [0, 0.1) is 13.8 Å². The number of hydrogen-bond acceptors (Lipinski definition) is 0. The molecule has 0 unspecified atom stereocenters. The molecule has 0 saturated carbocycles. The maximum atomic E-state index is 2.33. The van der Waals surface area contributed by atoms with Crippen molar-refractivity contribution >= 4 is 21.5 Å². The average molecular weight is 358 g/mol. The highest BCUT2D eigenvalue weighted by Crippen LogP contribution is 2.39. The molecule has 0 heterocycles. The number of fused-ring (bicyclic) bond motifs is 3. The molecular weight excluding hydrogens is 336 g/mol. The first-order valence-corrected chi connectivity index (χ1v) is 9.80. The second kappa shape index (κ2) is 6.65. The lowest BCUT2D eigenvalue weighted by Gasteiger charge is -2.16. The Morgan fingerprint density at radius 3 is 1.71 bits per heavy atom. The van der Waals surface area contributed by atoms with E-state index in [0.29, 0.717) is 0 Å². The van der Waals surface area contributed by atoms with E-state index in [1.807, 2.05) is 0 Å². The van der Waals surface area contributed by atoms with Gasteiger partial charge in [-0.25, -0.2) is 0 Å². The summed E-state index contributed by atoms with van der Waals surface area (Å²) in [5, 5.41) is 5.30. The van der Waals surface area contributed by atoms with Gasteiger partial charge in [0.05, 0.1) is 0 Å². The molecule has 0 aromatic heterocycles. The van der Waals surface area contributed by atoms with Gasteiger partial charge < -0.3 is 0 Å². The molecule has 0 aliphatic carbocycles. The van der Waals surface area contributed by atoms with E-state index in [0.717, 1.165) is 0 Å². The minimum Gasteiger partial charge on any atom is -0.0616 e. The quantitative estimate of drug-likeness (QED) is 0.281. The molecule has 28 heavy (non-hydrogen) atoms. The summed E-state index contributed by atoms with van der Waals surface area (Å²) in [4.78, 5) is 0. The van der Waals surface area contributed by atoms with Gasteiger partial charge in [-0.15, -0.1) is 0 Å². The normalized spacial score (nSPS) is 11.2. The molecule has 0 amide bonds. The monoisotopic (exact) mass is 358 g/mol. The van der Waals surface area contributed by atoms with Gasteiger partial charge in [-0.05, 0) is 69.3 Å². The van der Waals surface area contributed by atoms with Crippen molar-refractivity contribution in [1.29, 1.82) is 0 Å². The molecular formula is C28H22. The summed E-state index contributed by atoms with van der Waals surface area (Å²) in [6.07, 6.45) is 0. The zero-order chi connectivity index (χ0) is 19.1. The van der Waals surface area contributed by atoms with Gasteiger partial charge in [0, 0.05) is 0 Å². The predicted molar refractivity (Wildman–Crippen MR) is 122 cm³/mol. The average Bonchev–Trinajstić information content (AvgIpc) is 2.75. The molecule has 5 aromatic rings. The number of aryl methyl sites for hydroxylation is 2. The Labute approximate surface area is 166 Å². The van der Waals surface area contributed by atoms with Crippen molar-refractivity contribution in [1.82, 2.24) is 0 Å². The first kappa shape index (κ1) is 16.8. The van der Waals surface area contributed by atoms with Crippen molar-refractivity contribution in [3.05, 3.63) is 108 Å². The third-order valence-electron chi connectivity index (χ3n) is 5.73. The molecule has 0 nitrogen and oxygen atoms in total. The fraction of sp³-hybridized carbons (Fsp3) is 0.0714. The maximum Gasteiger partial charge on any atom is -0.00695 e. The van der Waals surface area contributed by atoms with Crippen LogP contribution >= 0.6 is 0 Å². The van der Waals surface area contributed by atoms with Crippen LogP contribution in [0.3, 0.4) is 0 Å². The highest BCUT2D eigenvalue weighted by Gasteiger charge is 2.13. The van der Waals surface area contributed by atoms with Crippen LogP contribution in [0.1, 0.15) is 11.1 Å². The Bertz CT molecular complexity index is 1310. The van der Waals surface area contributed by atoms with Crippen LogP contribution in [-0.4, -0.2) is 0 Å². The van der Waals surface area contributed by atoms with E-state index in [1.165, 1.54) is 54.9 Å². The van der Waals surface area contributed by atoms with Crippen LogP contribution in [0.5, 0.6) is 0 Å². The Morgan fingerprint density at radius 2 is 1.00 bits per heavy atom. The fourth-order valence-corrected chi connectivity index (χ4v) is 4.29. The fourth-order valence-electron chi connectivity index (χ4n) is 4.29. The number of rotatable bonds is 2. The van der Waals surface area contributed by atoms with Gasteiger partial charge in [0.25, 0.3) is 0 Å². The zero-order valence-electron chi connectivity index (χ0n) is 16.2. The molecule has 0 aliphatic heterocycles. The van der Waals surface area contributed by atoms with Gasteiger partial charge in [-0.1, -0.05) is 96.6 Å². The van der Waals surface area contributed by atoms with E-state index in [2.05, 4.69) is 111 Å². The van der Waals surface area contributed by atoms with E-state index < -0.39 is 0 Å². The molecule has 0 radical (unpaired) electrons. The SMILES string of the molecule is Cc1ccc(-c2cccc(-c3c(C)c4ccccc4c4ccccc34)c2)cc1. The van der Waals surface area contributed by atoms with Gasteiger partial charge in [0.2, 0.25) is 0 Å². The minimum absolute atomic E-state index is 1.26. The van der Waals surface area contributed by atoms with E-state index in [4.69, 9.17) is 0 Å².